The number of likely N-dealkylation sites (N-methyl/N-ethyl adjacent to an activating group) is 1. The molecule has 5 nitrogen and oxygen atoms in total. The zero-order valence-corrected chi connectivity index (χ0v) is 14.7. The lowest BCUT2D eigenvalue weighted by atomic mass is 10.0. The van der Waals surface area contributed by atoms with Crippen molar-refractivity contribution < 1.29 is 9.59 Å². The summed E-state index contributed by atoms with van der Waals surface area (Å²) in [5.41, 5.74) is 0. The Morgan fingerprint density at radius 2 is 1.96 bits per heavy atom. The summed E-state index contributed by atoms with van der Waals surface area (Å²) in [7, 11) is 2.18. The number of amides is 2. The third-order valence-electron chi connectivity index (χ3n) is 4.97. The Labute approximate surface area is 141 Å². The van der Waals surface area contributed by atoms with Crippen molar-refractivity contribution in [1.82, 2.24) is 15.1 Å². The van der Waals surface area contributed by atoms with E-state index in [0.29, 0.717) is 18.6 Å². The van der Waals surface area contributed by atoms with Crippen LogP contribution in [0.3, 0.4) is 0 Å². The quantitative estimate of drug-likeness (QED) is 0.917. The molecule has 0 bridgehead atoms. The average Bonchev–Trinajstić information content (AvgIpc) is 3.24. The van der Waals surface area contributed by atoms with Crippen molar-refractivity contribution in [3.63, 3.8) is 0 Å². The fourth-order valence-electron chi connectivity index (χ4n) is 3.81. The van der Waals surface area contributed by atoms with E-state index >= 15 is 0 Å². The first kappa shape index (κ1) is 16.5. The highest BCUT2D eigenvalue weighted by Crippen LogP contribution is 2.31. The lowest BCUT2D eigenvalue weighted by Gasteiger charge is -2.33. The number of carbonyl (C=O) groups is 2. The van der Waals surface area contributed by atoms with Crippen LogP contribution < -0.4 is 5.32 Å². The second-order valence-corrected chi connectivity index (χ2v) is 7.74. The monoisotopic (exact) mass is 335 g/mol. The molecule has 2 fully saturated rings. The fourth-order valence-corrected chi connectivity index (χ4v) is 4.71. The van der Waals surface area contributed by atoms with E-state index in [-0.39, 0.29) is 11.8 Å². The lowest BCUT2D eigenvalue weighted by Crippen LogP contribution is -2.46. The van der Waals surface area contributed by atoms with Crippen molar-refractivity contribution in [3.8, 4) is 0 Å². The van der Waals surface area contributed by atoms with Gasteiger partial charge in [0.2, 0.25) is 5.91 Å². The molecule has 2 aliphatic rings. The van der Waals surface area contributed by atoms with E-state index in [0.717, 1.165) is 35.7 Å². The van der Waals surface area contributed by atoms with E-state index in [4.69, 9.17) is 0 Å². The third kappa shape index (κ3) is 3.58. The molecule has 126 valence electrons. The number of hydrogen-bond acceptors (Lipinski definition) is 4. The van der Waals surface area contributed by atoms with Crippen molar-refractivity contribution in [2.45, 2.75) is 51.2 Å². The van der Waals surface area contributed by atoms with Crippen LogP contribution in [0, 0.1) is 0 Å². The fraction of sp³-hybridized carbons (Fsp3) is 0.647. The molecule has 2 saturated heterocycles. The molecule has 0 aromatic carbocycles. The Morgan fingerprint density at radius 1 is 1.22 bits per heavy atom. The van der Waals surface area contributed by atoms with E-state index in [1.807, 2.05) is 12.1 Å². The van der Waals surface area contributed by atoms with E-state index < -0.39 is 0 Å². The number of nitrogens with one attached hydrogen (secondary N) is 1. The van der Waals surface area contributed by atoms with E-state index in [1.54, 1.807) is 0 Å². The van der Waals surface area contributed by atoms with Crippen LogP contribution in [0.25, 0.3) is 0 Å². The number of hydrogen-bond donors (Lipinski definition) is 1. The van der Waals surface area contributed by atoms with Crippen LogP contribution in [0.4, 0.5) is 0 Å². The van der Waals surface area contributed by atoms with Gasteiger partial charge in [-0.1, -0.05) is 0 Å². The highest BCUT2D eigenvalue weighted by molar-refractivity contribution is 7.14. The van der Waals surface area contributed by atoms with Crippen molar-refractivity contribution in [2.24, 2.45) is 0 Å². The van der Waals surface area contributed by atoms with Gasteiger partial charge >= 0.3 is 0 Å². The molecule has 1 N–H and O–H groups in total. The smallest absolute Gasteiger partial charge is 0.264 e. The molecule has 23 heavy (non-hydrogen) atoms. The summed E-state index contributed by atoms with van der Waals surface area (Å²) in [6.07, 6.45) is 4.65. The molecule has 1 aromatic rings. The van der Waals surface area contributed by atoms with Crippen molar-refractivity contribution >= 4 is 23.2 Å². The second-order valence-electron chi connectivity index (χ2n) is 6.57. The topological polar surface area (TPSA) is 52.7 Å². The Bertz CT molecular complexity index is 586. The van der Waals surface area contributed by atoms with Crippen LogP contribution in [0.15, 0.2) is 12.1 Å². The maximum atomic E-state index is 12.9. The van der Waals surface area contributed by atoms with Gasteiger partial charge in [0.15, 0.2) is 0 Å². The predicted octanol–water partition coefficient (Wildman–Crippen LogP) is 2.08. The summed E-state index contributed by atoms with van der Waals surface area (Å²) in [6.45, 7) is 4.02. The van der Waals surface area contributed by atoms with Crippen LogP contribution in [0.2, 0.25) is 0 Å². The van der Waals surface area contributed by atoms with E-state index in [1.165, 1.54) is 31.1 Å². The van der Waals surface area contributed by atoms with Crippen LogP contribution in [0.5, 0.6) is 0 Å². The van der Waals surface area contributed by atoms with Gasteiger partial charge in [-0.25, -0.2) is 0 Å². The molecule has 3 heterocycles. The van der Waals surface area contributed by atoms with Gasteiger partial charge in [0.25, 0.3) is 5.91 Å². The highest BCUT2D eigenvalue weighted by Gasteiger charge is 2.38. The average molecular weight is 335 g/mol. The van der Waals surface area contributed by atoms with Crippen LogP contribution in [0.1, 0.15) is 47.2 Å². The van der Waals surface area contributed by atoms with Crippen LogP contribution in [-0.2, 0) is 11.3 Å². The molecule has 0 radical (unpaired) electrons. The maximum Gasteiger partial charge on any atom is 0.264 e. The number of thiophene rings is 1. The zero-order chi connectivity index (χ0) is 16.4. The van der Waals surface area contributed by atoms with Gasteiger partial charge in [-0.3, -0.25) is 9.59 Å². The number of rotatable bonds is 4. The first-order valence-electron chi connectivity index (χ1n) is 8.40. The van der Waals surface area contributed by atoms with Crippen molar-refractivity contribution in [1.29, 1.82) is 0 Å². The number of likely N-dealkylation sites (tertiary alicyclic amines) is 2. The number of nitrogens with zero attached hydrogens (tertiary/aromatic N) is 2. The Kier molecular flexibility index (Phi) is 5.02. The van der Waals surface area contributed by atoms with E-state index in [9.17, 15) is 9.59 Å². The molecule has 0 aliphatic carbocycles. The molecule has 2 atom stereocenters. The minimum Gasteiger partial charge on any atom is -0.351 e. The van der Waals surface area contributed by atoms with E-state index in [2.05, 4.69) is 22.2 Å². The van der Waals surface area contributed by atoms with Crippen molar-refractivity contribution in [3.05, 3.63) is 21.9 Å². The van der Waals surface area contributed by atoms with Gasteiger partial charge in [0.1, 0.15) is 0 Å². The lowest BCUT2D eigenvalue weighted by molar-refractivity contribution is -0.119. The summed E-state index contributed by atoms with van der Waals surface area (Å²) in [6, 6.07) is 4.72. The molecular formula is C17H25N3O2S. The molecule has 2 amide bonds. The predicted molar refractivity (Wildman–Crippen MR) is 91.6 cm³/mol. The standard InChI is InChI=1S/C17H25N3O2S/c1-12(21)18-11-13-7-8-16(23-13)17(22)20-10-4-6-15(20)14-5-3-9-19(14)2/h7-8,14-15H,3-6,9-11H2,1-2H3,(H,18,21)/t14-,15+/m1/s1. The summed E-state index contributed by atoms with van der Waals surface area (Å²) >= 11 is 1.50. The van der Waals surface area contributed by atoms with Gasteiger partial charge in [0, 0.05) is 30.4 Å². The summed E-state index contributed by atoms with van der Waals surface area (Å²) < 4.78 is 0. The van der Waals surface area contributed by atoms with Crippen LogP contribution in [-0.4, -0.2) is 53.8 Å². The molecule has 6 heteroatoms. The minimum atomic E-state index is -0.0462. The molecule has 0 saturated carbocycles. The zero-order valence-electron chi connectivity index (χ0n) is 13.9. The largest absolute Gasteiger partial charge is 0.351 e. The molecular weight excluding hydrogens is 310 g/mol. The Hall–Kier alpha value is -1.40. The summed E-state index contributed by atoms with van der Waals surface area (Å²) in [4.78, 5) is 30.2. The molecule has 2 aliphatic heterocycles. The van der Waals surface area contributed by atoms with Gasteiger partial charge < -0.3 is 15.1 Å². The van der Waals surface area contributed by atoms with Crippen LogP contribution >= 0.6 is 11.3 Å². The van der Waals surface area contributed by atoms with Gasteiger partial charge in [-0.2, -0.15) is 0 Å². The molecule has 3 rings (SSSR count). The van der Waals surface area contributed by atoms with Gasteiger partial charge in [-0.05, 0) is 51.4 Å². The summed E-state index contributed by atoms with van der Waals surface area (Å²) in [5.74, 6) is 0.113. The Morgan fingerprint density at radius 3 is 2.65 bits per heavy atom. The highest BCUT2D eigenvalue weighted by atomic mass is 32.1. The van der Waals surface area contributed by atoms with Gasteiger partial charge in [-0.15, -0.1) is 11.3 Å². The van der Waals surface area contributed by atoms with Crippen molar-refractivity contribution in [2.75, 3.05) is 20.1 Å². The molecule has 1 aromatic heterocycles. The molecule has 0 unspecified atom stereocenters. The minimum absolute atomic E-state index is 0.0462. The summed E-state index contributed by atoms with van der Waals surface area (Å²) in [5, 5.41) is 2.78. The molecule has 0 spiro atoms. The number of carbonyl (C=O) groups excluding carboxylic acids is 2. The second kappa shape index (κ2) is 7.01. The van der Waals surface area contributed by atoms with Gasteiger partial charge in [0.05, 0.1) is 11.4 Å². The first-order chi connectivity index (χ1) is 11.1. The normalized spacial score (nSPS) is 25.0. The first-order valence-corrected chi connectivity index (χ1v) is 9.22. The maximum absolute atomic E-state index is 12.9. The Balaban J connectivity index is 1.68. The third-order valence-corrected chi connectivity index (χ3v) is 6.04. The SMILES string of the molecule is CC(=O)NCc1ccc(C(=O)N2CCC[C@H]2[C@H]2CCCN2C)s1.